The Hall–Kier alpha value is -2.36. The van der Waals surface area contributed by atoms with Crippen molar-refractivity contribution in [3.63, 3.8) is 0 Å². The van der Waals surface area contributed by atoms with E-state index < -0.39 is 0 Å². The van der Waals surface area contributed by atoms with Gasteiger partial charge in [-0.05, 0) is 47.1 Å². The third-order valence-corrected chi connectivity index (χ3v) is 4.64. The Morgan fingerprint density at radius 1 is 0.960 bits per heavy atom. The van der Waals surface area contributed by atoms with Gasteiger partial charge in [0.25, 0.3) is 0 Å². The minimum Gasteiger partial charge on any atom is -0.505 e. The zero-order valence-electron chi connectivity index (χ0n) is 16.3. The predicted molar refractivity (Wildman–Crippen MR) is 106 cm³/mol. The Kier molecular flexibility index (Phi) is 3.90. The Morgan fingerprint density at radius 2 is 1.64 bits per heavy atom. The summed E-state index contributed by atoms with van der Waals surface area (Å²) < 4.78 is 0. The van der Waals surface area contributed by atoms with Crippen molar-refractivity contribution in [1.29, 1.82) is 0 Å². The van der Waals surface area contributed by atoms with Gasteiger partial charge in [-0.2, -0.15) is 4.79 Å². The lowest BCUT2D eigenvalue weighted by Crippen LogP contribution is -2.22. The van der Waals surface area contributed by atoms with Crippen molar-refractivity contribution in [2.24, 2.45) is 0 Å². The number of H-pyrrole nitrogens is 1. The summed E-state index contributed by atoms with van der Waals surface area (Å²) in [6, 6.07) is 10.4. The number of benzene rings is 2. The summed E-state index contributed by atoms with van der Waals surface area (Å²) in [5.74, 6) is 0.309. The zero-order valence-corrected chi connectivity index (χ0v) is 16.3. The van der Waals surface area contributed by atoms with Gasteiger partial charge in [0.05, 0.1) is 11.2 Å². The number of phenols is 1. The highest BCUT2D eigenvalue weighted by molar-refractivity contribution is 5.79. The molecule has 3 N–H and O–H groups in total. The number of fused-ring (bicyclic) bond motifs is 1. The highest BCUT2D eigenvalue weighted by atomic mass is 16.3. The van der Waals surface area contributed by atoms with Crippen molar-refractivity contribution in [2.75, 3.05) is 5.43 Å². The number of rotatable bonds is 2. The van der Waals surface area contributed by atoms with Crippen LogP contribution in [0, 0.1) is 6.92 Å². The highest BCUT2D eigenvalue weighted by Gasteiger charge is 2.25. The summed E-state index contributed by atoms with van der Waals surface area (Å²) in [6.45, 7) is 15.0. The molecule has 25 heavy (non-hydrogen) atoms. The minimum absolute atomic E-state index is 0.000993. The molecule has 1 aromatic heterocycles. The lowest BCUT2D eigenvalue weighted by molar-refractivity contribution is 0.445. The topological polar surface area (TPSA) is 53.0 Å². The quantitative estimate of drug-likeness (QED) is 0.543. The monoisotopic (exact) mass is 339 g/mol. The van der Waals surface area contributed by atoms with E-state index >= 15 is 0 Å². The van der Waals surface area contributed by atoms with Crippen molar-refractivity contribution >= 4 is 16.7 Å². The molecule has 2 aromatic carbocycles. The van der Waals surface area contributed by atoms with Gasteiger partial charge < -0.3 is 5.11 Å². The van der Waals surface area contributed by atoms with Crippen LogP contribution >= 0.6 is 0 Å². The van der Waals surface area contributed by atoms with Gasteiger partial charge in [0.1, 0.15) is 11.3 Å². The van der Waals surface area contributed by atoms with Gasteiger partial charge in [0.2, 0.25) is 0 Å². The summed E-state index contributed by atoms with van der Waals surface area (Å²) in [5.41, 5.74) is 9.42. The van der Waals surface area contributed by atoms with Crippen LogP contribution in [-0.4, -0.2) is 15.0 Å². The summed E-state index contributed by atoms with van der Waals surface area (Å²) in [4.78, 5) is 1.86. The molecule has 4 heteroatoms. The molecular weight excluding hydrogens is 310 g/mol. The lowest BCUT2D eigenvalue weighted by atomic mass is 9.80. The Bertz CT molecular complexity index is 917. The van der Waals surface area contributed by atoms with Crippen LogP contribution in [0.3, 0.4) is 0 Å². The van der Waals surface area contributed by atoms with E-state index in [1.807, 2.05) is 10.9 Å². The number of hydrogen-bond acceptors (Lipinski definition) is 2. The number of nitrogens with zero attached hydrogens (tertiary/aromatic N) is 1. The molecule has 0 aliphatic carbocycles. The van der Waals surface area contributed by atoms with Gasteiger partial charge in [-0.25, -0.2) is 0 Å². The van der Waals surface area contributed by atoms with Gasteiger partial charge in [0.15, 0.2) is 0 Å². The first-order valence-electron chi connectivity index (χ1n) is 8.79. The Morgan fingerprint density at radius 3 is 2.24 bits per heavy atom. The van der Waals surface area contributed by atoms with Crippen LogP contribution in [-0.2, 0) is 10.8 Å². The predicted octanol–water partition coefficient (Wildman–Crippen LogP) is 5.45. The fourth-order valence-corrected chi connectivity index (χ4v) is 2.98. The maximum atomic E-state index is 10.9. The smallest absolute Gasteiger partial charge is 0.144 e. The maximum absolute atomic E-state index is 10.9. The number of nitrogens with one attached hydrogen (secondary N) is 2. The standard InChI is InChI=1S/C21H29N3O/c1-13-8-9-16-18(10-13)24(22-16)23-17-12-14(20(2,3)4)11-15(19(17)25)21(5,6)7/h8-12,22-23,25H,1-7H3. The molecule has 0 bridgehead atoms. The van der Waals surface area contributed by atoms with Crippen molar-refractivity contribution in [2.45, 2.75) is 59.3 Å². The van der Waals surface area contributed by atoms with Crippen molar-refractivity contribution in [1.82, 2.24) is 9.89 Å². The molecule has 0 atom stereocenters. The number of aromatic nitrogens is 2. The zero-order chi connectivity index (χ0) is 18.6. The second kappa shape index (κ2) is 5.58. The molecule has 1 heterocycles. The molecule has 0 unspecified atom stereocenters. The molecule has 4 nitrogen and oxygen atoms in total. The summed E-state index contributed by atoms with van der Waals surface area (Å²) in [5, 5.41) is 14.1. The first-order valence-corrected chi connectivity index (χ1v) is 8.79. The number of aromatic hydroxyl groups is 1. The lowest BCUT2D eigenvalue weighted by Gasteiger charge is -2.28. The van der Waals surface area contributed by atoms with E-state index in [-0.39, 0.29) is 10.8 Å². The van der Waals surface area contributed by atoms with E-state index in [1.54, 1.807) is 0 Å². The van der Waals surface area contributed by atoms with E-state index in [2.05, 4.69) is 83.3 Å². The molecule has 0 spiro atoms. The van der Waals surface area contributed by atoms with E-state index in [0.29, 0.717) is 5.75 Å². The molecule has 3 rings (SSSR count). The van der Waals surface area contributed by atoms with Crippen molar-refractivity contribution in [3.05, 3.63) is 47.0 Å². The largest absolute Gasteiger partial charge is 0.505 e. The summed E-state index contributed by atoms with van der Waals surface area (Å²) >= 11 is 0. The molecule has 0 radical (unpaired) electrons. The average Bonchev–Trinajstić information content (AvgIpc) is 2.46. The van der Waals surface area contributed by atoms with Crippen LogP contribution in [0.2, 0.25) is 0 Å². The highest BCUT2D eigenvalue weighted by Crippen LogP contribution is 2.40. The first-order chi connectivity index (χ1) is 11.5. The van der Waals surface area contributed by atoms with E-state index in [0.717, 1.165) is 22.3 Å². The molecule has 0 saturated heterocycles. The molecule has 0 aliphatic rings. The molecule has 0 aliphatic heterocycles. The van der Waals surface area contributed by atoms with Crippen LogP contribution in [0.4, 0.5) is 5.69 Å². The third kappa shape index (κ3) is 3.26. The second-order valence-electron chi connectivity index (χ2n) is 9.00. The van der Waals surface area contributed by atoms with Crippen molar-refractivity contribution in [3.8, 4) is 5.75 Å². The van der Waals surface area contributed by atoms with Crippen LogP contribution < -0.4 is 5.43 Å². The second-order valence-corrected chi connectivity index (χ2v) is 9.00. The number of phenolic OH excluding ortho intramolecular Hbond substituents is 1. The molecular formula is C21H29N3O. The average molecular weight is 339 g/mol. The summed E-state index contributed by atoms with van der Waals surface area (Å²) in [7, 11) is 0. The van der Waals surface area contributed by atoms with Gasteiger partial charge in [0, 0.05) is 5.56 Å². The fourth-order valence-electron chi connectivity index (χ4n) is 2.98. The summed E-state index contributed by atoms with van der Waals surface area (Å²) in [6.07, 6.45) is 0. The van der Waals surface area contributed by atoms with Crippen LogP contribution in [0.15, 0.2) is 30.3 Å². The van der Waals surface area contributed by atoms with Crippen LogP contribution in [0.5, 0.6) is 5.75 Å². The molecule has 0 saturated carbocycles. The van der Waals surface area contributed by atoms with Crippen LogP contribution in [0.25, 0.3) is 11.0 Å². The number of anilines is 1. The van der Waals surface area contributed by atoms with Gasteiger partial charge in [-0.1, -0.05) is 53.7 Å². The normalized spacial score (nSPS) is 12.8. The molecule has 3 aromatic rings. The van der Waals surface area contributed by atoms with E-state index in [1.165, 1.54) is 11.1 Å². The number of aromatic amines is 1. The molecule has 0 amide bonds. The van der Waals surface area contributed by atoms with Crippen LogP contribution in [0.1, 0.15) is 58.2 Å². The van der Waals surface area contributed by atoms with Gasteiger partial charge >= 0.3 is 0 Å². The Balaban J connectivity index is 2.10. The minimum atomic E-state index is -0.140. The SMILES string of the molecule is Cc1ccc2[nH]n(Nc3cc(C(C)(C)C)cc(C(C)(C)C)c3O)c2c1. The fraction of sp³-hybridized carbons (Fsp3) is 0.429. The number of aryl methyl sites for hydroxylation is 1. The van der Waals surface area contributed by atoms with Gasteiger partial charge in [-0.3, -0.25) is 10.5 Å². The van der Waals surface area contributed by atoms with E-state index in [9.17, 15) is 5.11 Å². The molecule has 134 valence electrons. The van der Waals surface area contributed by atoms with Crippen molar-refractivity contribution < 1.29 is 5.11 Å². The van der Waals surface area contributed by atoms with E-state index in [4.69, 9.17) is 0 Å². The maximum Gasteiger partial charge on any atom is 0.144 e. The Labute approximate surface area is 149 Å². The third-order valence-electron chi connectivity index (χ3n) is 4.64. The van der Waals surface area contributed by atoms with Gasteiger partial charge in [-0.15, -0.1) is 0 Å². The molecule has 0 fully saturated rings. The first kappa shape index (κ1) is 17.5. The number of hydrogen-bond donors (Lipinski definition) is 3.